The summed E-state index contributed by atoms with van der Waals surface area (Å²) in [5, 5.41) is 13.1. The Morgan fingerprint density at radius 3 is 2.62 bits per heavy atom. The second kappa shape index (κ2) is 8.57. The Kier molecular flexibility index (Phi) is 6.19. The first-order valence-corrected chi connectivity index (χ1v) is 7.57. The number of phenolic OH excluding ortho intramolecular Hbond substituents is 1. The quantitative estimate of drug-likeness (QED) is 0.605. The molecule has 0 saturated carbocycles. The van der Waals surface area contributed by atoms with E-state index in [1.807, 2.05) is 13.0 Å². The van der Waals surface area contributed by atoms with Crippen LogP contribution < -0.4 is 14.9 Å². The molecule has 1 amide bonds. The third-order valence-electron chi connectivity index (χ3n) is 3.16. The normalized spacial score (nSPS) is 10.6. The van der Waals surface area contributed by atoms with E-state index < -0.39 is 0 Å². The number of hydrogen-bond donors (Lipinski definition) is 2. The largest absolute Gasteiger partial charge is 0.508 e. The van der Waals surface area contributed by atoms with Crippen LogP contribution in [-0.4, -0.2) is 30.9 Å². The lowest BCUT2D eigenvalue weighted by molar-refractivity contribution is 0.0955. The maximum atomic E-state index is 11.9. The van der Waals surface area contributed by atoms with Crippen molar-refractivity contribution in [2.45, 2.75) is 13.3 Å². The van der Waals surface area contributed by atoms with Crippen molar-refractivity contribution in [2.24, 2.45) is 5.10 Å². The van der Waals surface area contributed by atoms with Gasteiger partial charge in [0.15, 0.2) is 11.5 Å². The van der Waals surface area contributed by atoms with Crippen molar-refractivity contribution in [1.29, 1.82) is 0 Å². The van der Waals surface area contributed by atoms with Gasteiger partial charge in [0.25, 0.3) is 5.91 Å². The number of carbonyl (C=O) groups is 1. The zero-order valence-electron chi connectivity index (χ0n) is 13.7. The van der Waals surface area contributed by atoms with E-state index in [1.165, 1.54) is 30.5 Å². The second-order valence-corrected chi connectivity index (χ2v) is 5.00. The summed E-state index contributed by atoms with van der Waals surface area (Å²) in [4.78, 5) is 11.9. The number of methoxy groups -OCH3 is 1. The predicted molar refractivity (Wildman–Crippen MR) is 91.9 cm³/mol. The van der Waals surface area contributed by atoms with Crippen molar-refractivity contribution >= 4 is 12.1 Å². The number of hydrazone groups is 1. The molecule has 24 heavy (non-hydrogen) atoms. The maximum Gasteiger partial charge on any atom is 0.271 e. The molecule has 0 aliphatic heterocycles. The summed E-state index contributed by atoms with van der Waals surface area (Å²) in [6.45, 7) is 2.65. The van der Waals surface area contributed by atoms with Crippen molar-refractivity contribution in [3.8, 4) is 17.2 Å². The van der Waals surface area contributed by atoms with E-state index in [1.54, 1.807) is 19.2 Å². The number of rotatable bonds is 7. The fourth-order valence-corrected chi connectivity index (χ4v) is 1.94. The average Bonchev–Trinajstić information content (AvgIpc) is 2.60. The summed E-state index contributed by atoms with van der Waals surface area (Å²) in [6.07, 6.45) is 2.43. The molecule has 0 aliphatic rings. The van der Waals surface area contributed by atoms with Gasteiger partial charge in [-0.15, -0.1) is 0 Å². The molecule has 0 atom stereocenters. The Morgan fingerprint density at radius 1 is 1.21 bits per heavy atom. The average molecular weight is 328 g/mol. The Balaban J connectivity index is 2.00. The predicted octanol–water partition coefficient (Wildman–Crippen LogP) is 2.95. The van der Waals surface area contributed by atoms with Crippen LogP contribution in [0.1, 0.15) is 29.3 Å². The van der Waals surface area contributed by atoms with E-state index in [0.717, 1.165) is 12.0 Å². The van der Waals surface area contributed by atoms with Gasteiger partial charge < -0.3 is 14.6 Å². The maximum absolute atomic E-state index is 11.9. The number of phenols is 1. The lowest BCUT2D eigenvalue weighted by Gasteiger charge is -2.10. The zero-order valence-corrected chi connectivity index (χ0v) is 13.7. The molecule has 6 nitrogen and oxygen atoms in total. The molecule has 6 heteroatoms. The fraction of sp³-hybridized carbons (Fsp3) is 0.222. The van der Waals surface area contributed by atoms with Gasteiger partial charge in [-0.25, -0.2) is 5.43 Å². The summed E-state index contributed by atoms with van der Waals surface area (Å²) in [5.41, 5.74) is 3.60. The molecule has 0 radical (unpaired) electrons. The third-order valence-corrected chi connectivity index (χ3v) is 3.16. The highest BCUT2D eigenvalue weighted by atomic mass is 16.5. The molecule has 2 rings (SSSR count). The minimum absolute atomic E-state index is 0.104. The first-order valence-electron chi connectivity index (χ1n) is 7.57. The van der Waals surface area contributed by atoms with E-state index in [-0.39, 0.29) is 11.7 Å². The Bertz CT molecular complexity index is 711. The topological polar surface area (TPSA) is 80.2 Å². The van der Waals surface area contributed by atoms with Crippen LogP contribution in [0, 0.1) is 0 Å². The van der Waals surface area contributed by atoms with E-state index in [9.17, 15) is 9.90 Å². The van der Waals surface area contributed by atoms with Gasteiger partial charge in [-0.3, -0.25) is 4.79 Å². The van der Waals surface area contributed by atoms with Crippen LogP contribution >= 0.6 is 0 Å². The SMILES string of the molecule is CCCOc1ccc(/C=N/NC(=O)c2ccc(O)cc2)cc1OC. The summed E-state index contributed by atoms with van der Waals surface area (Å²) in [7, 11) is 1.57. The van der Waals surface area contributed by atoms with Crippen molar-refractivity contribution in [3.05, 3.63) is 53.6 Å². The first kappa shape index (κ1) is 17.3. The molecule has 0 aromatic heterocycles. The molecular formula is C18H20N2O4. The fourth-order valence-electron chi connectivity index (χ4n) is 1.94. The number of aromatic hydroxyl groups is 1. The van der Waals surface area contributed by atoms with E-state index in [4.69, 9.17) is 9.47 Å². The number of hydrogen-bond acceptors (Lipinski definition) is 5. The van der Waals surface area contributed by atoms with E-state index >= 15 is 0 Å². The van der Waals surface area contributed by atoms with Gasteiger partial charge in [0.2, 0.25) is 0 Å². The number of amides is 1. The monoisotopic (exact) mass is 328 g/mol. The van der Waals surface area contributed by atoms with Crippen molar-refractivity contribution < 1.29 is 19.4 Å². The van der Waals surface area contributed by atoms with Gasteiger partial charge in [-0.2, -0.15) is 5.10 Å². The molecule has 0 bridgehead atoms. The molecule has 2 aromatic carbocycles. The highest BCUT2D eigenvalue weighted by Crippen LogP contribution is 2.27. The van der Waals surface area contributed by atoms with Gasteiger partial charge in [0, 0.05) is 5.56 Å². The molecule has 2 N–H and O–H groups in total. The van der Waals surface area contributed by atoms with Crippen LogP contribution in [-0.2, 0) is 0 Å². The lowest BCUT2D eigenvalue weighted by atomic mass is 10.2. The van der Waals surface area contributed by atoms with Gasteiger partial charge in [-0.1, -0.05) is 6.92 Å². The number of benzene rings is 2. The summed E-state index contributed by atoms with van der Waals surface area (Å²) >= 11 is 0. The smallest absolute Gasteiger partial charge is 0.271 e. The minimum Gasteiger partial charge on any atom is -0.508 e. The molecule has 0 heterocycles. The minimum atomic E-state index is -0.360. The Labute approximate surface area is 140 Å². The highest BCUT2D eigenvalue weighted by Gasteiger charge is 2.05. The standard InChI is InChI=1S/C18H20N2O4/c1-3-10-24-16-9-4-13(11-17(16)23-2)12-19-20-18(22)14-5-7-15(21)8-6-14/h4-9,11-12,21H,3,10H2,1-2H3,(H,20,22)/b19-12+. The van der Waals surface area contributed by atoms with Crippen LogP contribution in [0.4, 0.5) is 0 Å². The van der Waals surface area contributed by atoms with Crippen LogP contribution in [0.25, 0.3) is 0 Å². The molecule has 0 unspecified atom stereocenters. The molecule has 0 fully saturated rings. The summed E-state index contributed by atoms with van der Waals surface area (Å²) < 4.78 is 10.9. The van der Waals surface area contributed by atoms with Gasteiger partial charge in [0.1, 0.15) is 5.75 Å². The van der Waals surface area contributed by atoms with E-state index in [2.05, 4.69) is 10.5 Å². The molecular weight excluding hydrogens is 308 g/mol. The molecule has 0 saturated heterocycles. The zero-order chi connectivity index (χ0) is 17.4. The van der Waals surface area contributed by atoms with Crippen LogP contribution in [0.2, 0.25) is 0 Å². The van der Waals surface area contributed by atoms with Gasteiger partial charge in [-0.05, 0) is 54.4 Å². The van der Waals surface area contributed by atoms with Crippen molar-refractivity contribution in [3.63, 3.8) is 0 Å². The van der Waals surface area contributed by atoms with Gasteiger partial charge in [0.05, 0.1) is 19.9 Å². The molecule has 0 spiro atoms. The third kappa shape index (κ3) is 4.74. The second-order valence-electron chi connectivity index (χ2n) is 5.00. The van der Waals surface area contributed by atoms with Crippen LogP contribution in [0.3, 0.4) is 0 Å². The number of nitrogens with zero attached hydrogens (tertiary/aromatic N) is 1. The summed E-state index contributed by atoms with van der Waals surface area (Å²) in [6, 6.07) is 11.3. The number of ether oxygens (including phenoxy) is 2. The lowest BCUT2D eigenvalue weighted by Crippen LogP contribution is -2.17. The Hall–Kier alpha value is -3.02. The molecule has 126 valence electrons. The van der Waals surface area contributed by atoms with Crippen molar-refractivity contribution in [2.75, 3.05) is 13.7 Å². The van der Waals surface area contributed by atoms with E-state index in [0.29, 0.717) is 23.7 Å². The van der Waals surface area contributed by atoms with Crippen LogP contribution in [0.5, 0.6) is 17.2 Å². The number of carbonyl (C=O) groups excluding carboxylic acids is 1. The summed E-state index contributed by atoms with van der Waals surface area (Å²) in [5.74, 6) is 1.02. The first-order chi connectivity index (χ1) is 11.6. The van der Waals surface area contributed by atoms with Gasteiger partial charge >= 0.3 is 0 Å². The highest BCUT2D eigenvalue weighted by molar-refractivity contribution is 5.95. The molecule has 0 aliphatic carbocycles. The molecule has 2 aromatic rings. The Morgan fingerprint density at radius 2 is 1.96 bits per heavy atom. The van der Waals surface area contributed by atoms with Crippen LogP contribution in [0.15, 0.2) is 47.6 Å². The number of nitrogens with one attached hydrogen (secondary N) is 1. The van der Waals surface area contributed by atoms with Crippen molar-refractivity contribution in [1.82, 2.24) is 5.43 Å².